The molecule has 1 aliphatic heterocycles. The molecular formula is C21H22ClN3O4S. The third-order valence-corrected chi connectivity index (χ3v) is 7.65. The highest BCUT2D eigenvalue weighted by Gasteiger charge is 2.35. The summed E-state index contributed by atoms with van der Waals surface area (Å²) in [5, 5.41) is 11.3. The second-order valence-corrected chi connectivity index (χ2v) is 9.80. The van der Waals surface area contributed by atoms with E-state index in [0.29, 0.717) is 23.7 Å². The van der Waals surface area contributed by atoms with Crippen LogP contribution in [-0.4, -0.2) is 59.9 Å². The molecule has 2 aromatic carbocycles. The Morgan fingerprint density at radius 1 is 1.10 bits per heavy atom. The molecule has 0 radical (unpaired) electrons. The van der Waals surface area contributed by atoms with Crippen LogP contribution in [0.25, 0.3) is 10.9 Å². The summed E-state index contributed by atoms with van der Waals surface area (Å²) in [5.41, 5.74) is 2.40. The Balaban J connectivity index is 1.55. The fourth-order valence-corrected chi connectivity index (χ4v) is 5.49. The summed E-state index contributed by atoms with van der Waals surface area (Å²) in [5.74, 6) is -0.972. The van der Waals surface area contributed by atoms with Crippen LogP contribution in [0.3, 0.4) is 0 Å². The molecule has 0 amide bonds. The number of nitrogens with one attached hydrogen (secondary N) is 1. The first-order valence-corrected chi connectivity index (χ1v) is 11.4. The van der Waals surface area contributed by atoms with E-state index in [1.54, 1.807) is 53.6 Å². The van der Waals surface area contributed by atoms with Gasteiger partial charge in [0.05, 0.1) is 4.90 Å². The van der Waals surface area contributed by atoms with Crippen molar-refractivity contribution in [1.82, 2.24) is 14.2 Å². The van der Waals surface area contributed by atoms with Crippen LogP contribution in [0.5, 0.6) is 0 Å². The van der Waals surface area contributed by atoms with Gasteiger partial charge in [-0.2, -0.15) is 4.31 Å². The minimum Gasteiger partial charge on any atom is -0.480 e. The van der Waals surface area contributed by atoms with Crippen molar-refractivity contribution in [3.63, 3.8) is 0 Å². The Kier molecular flexibility index (Phi) is 5.59. The molecule has 0 bridgehead atoms. The number of benzene rings is 2. The van der Waals surface area contributed by atoms with Crippen LogP contribution in [0, 0.1) is 6.92 Å². The van der Waals surface area contributed by atoms with Gasteiger partial charge in [0.2, 0.25) is 10.0 Å². The predicted molar refractivity (Wildman–Crippen MR) is 115 cm³/mol. The zero-order valence-electron chi connectivity index (χ0n) is 16.4. The van der Waals surface area contributed by atoms with Gasteiger partial charge < -0.3 is 10.1 Å². The van der Waals surface area contributed by atoms with Gasteiger partial charge in [-0.25, -0.2) is 8.42 Å². The minimum atomic E-state index is -3.60. The largest absolute Gasteiger partial charge is 0.480 e. The van der Waals surface area contributed by atoms with E-state index >= 15 is 0 Å². The van der Waals surface area contributed by atoms with E-state index in [1.165, 1.54) is 4.31 Å². The van der Waals surface area contributed by atoms with Gasteiger partial charge >= 0.3 is 5.97 Å². The number of aromatic amines is 1. The highest BCUT2D eigenvalue weighted by Crippen LogP contribution is 2.31. The van der Waals surface area contributed by atoms with Crippen molar-refractivity contribution >= 4 is 38.5 Å². The van der Waals surface area contributed by atoms with E-state index in [0.717, 1.165) is 16.5 Å². The summed E-state index contributed by atoms with van der Waals surface area (Å²) in [6.45, 7) is 3.01. The number of piperazine rings is 1. The summed E-state index contributed by atoms with van der Waals surface area (Å²) in [7, 11) is -3.60. The summed E-state index contributed by atoms with van der Waals surface area (Å²) in [4.78, 5) is 17.3. The first kappa shape index (κ1) is 20.9. The fraction of sp³-hybridized carbons (Fsp3) is 0.286. The van der Waals surface area contributed by atoms with Crippen LogP contribution < -0.4 is 0 Å². The molecule has 0 saturated carbocycles. The molecule has 1 fully saturated rings. The number of aryl methyl sites for hydroxylation is 1. The van der Waals surface area contributed by atoms with Crippen molar-refractivity contribution < 1.29 is 18.3 Å². The standard InChI is InChI=1S/C21H22ClN3O4S/c1-14-2-5-16(6-3-14)30(28,29)25-10-8-24(9-11-25)20(21(26)27)18-13-23-19-12-15(22)4-7-17(18)19/h2-7,12-13,20,23H,8-11H2,1H3,(H,26,27). The van der Waals surface area contributed by atoms with Gasteiger partial charge in [-0.15, -0.1) is 0 Å². The topological polar surface area (TPSA) is 93.7 Å². The maximum absolute atomic E-state index is 12.9. The number of H-pyrrole nitrogens is 1. The summed E-state index contributed by atoms with van der Waals surface area (Å²) in [6, 6.07) is 11.2. The van der Waals surface area contributed by atoms with Crippen molar-refractivity contribution in [2.24, 2.45) is 0 Å². The highest BCUT2D eigenvalue weighted by atomic mass is 35.5. The van der Waals surface area contributed by atoms with E-state index in [4.69, 9.17) is 11.6 Å². The number of hydrogen-bond acceptors (Lipinski definition) is 4. The number of rotatable bonds is 5. The number of hydrogen-bond donors (Lipinski definition) is 2. The Morgan fingerprint density at radius 2 is 1.77 bits per heavy atom. The summed E-state index contributed by atoms with van der Waals surface area (Å²) < 4.78 is 27.3. The monoisotopic (exact) mass is 447 g/mol. The molecule has 9 heteroatoms. The number of carboxylic acids is 1. The maximum atomic E-state index is 12.9. The molecule has 3 aromatic rings. The Hall–Kier alpha value is -2.39. The third kappa shape index (κ3) is 3.83. The average molecular weight is 448 g/mol. The van der Waals surface area contributed by atoms with Crippen LogP contribution in [0.4, 0.5) is 0 Å². The van der Waals surface area contributed by atoms with Gasteiger partial charge in [-0.3, -0.25) is 9.69 Å². The predicted octanol–water partition coefficient (Wildman–Crippen LogP) is 3.26. The first-order chi connectivity index (χ1) is 14.3. The molecular weight excluding hydrogens is 426 g/mol. The minimum absolute atomic E-state index is 0.230. The molecule has 0 spiro atoms. The van der Waals surface area contributed by atoms with Crippen molar-refractivity contribution in [3.05, 3.63) is 64.8 Å². The van der Waals surface area contributed by atoms with Gasteiger partial charge in [0.15, 0.2) is 0 Å². The summed E-state index contributed by atoms with van der Waals surface area (Å²) in [6.07, 6.45) is 1.69. The normalized spacial score (nSPS) is 17.3. The molecule has 4 rings (SSSR count). The van der Waals surface area contributed by atoms with Gasteiger partial charge in [-0.1, -0.05) is 35.4 Å². The van der Waals surface area contributed by atoms with E-state index < -0.39 is 22.0 Å². The van der Waals surface area contributed by atoms with Crippen molar-refractivity contribution in [2.45, 2.75) is 17.9 Å². The highest BCUT2D eigenvalue weighted by molar-refractivity contribution is 7.89. The number of nitrogens with zero attached hydrogens (tertiary/aromatic N) is 2. The lowest BCUT2D eigenvalue weighted by Crippen LogP contribution is -2.50. The first-order valence-electron chi connectivity index (χ1n) is 9.57. The number of carbonyl (C=O) groups is 1. The van der Waals surface area contributed by atoms with Gasteiger partial charge in [-0.05, 0) is 31.2 Å². The lowest BCUT2D eigenvalue weighted by atomic mass is 10.0. The van der Waals surface area contributed by atoms with E-state index in [1.807, 2.05) is 6.92 Å². The Bertz CT molecular complexity index is 1180. The molecule has 2 N–H and O–H groups in total. The van der Waals surface area contributed by atoms with E-state index in [-0.39, 0.29) is 18.0 Å². The molecule has 1 saturated heterocycles. The van der Waals surface area contributed by atoms with Gasteiger partial charge in [0, 0.05) is 53.9 Å². The second kappa shape index (κ2) is 8.03. The lowest BCUT2D eigenvalue weighted by Gasteiger charge is -2.37. The van der Waals surface area contributed by atoms with Crippen LogP contribution in [0.15, 0.2) is 53.6 Å². The van der Waals surface area contributed by atoms with Crippen LogP contribution in [0.1, 0.15) is 17.2 Å². The number of halogens is 1. The van der Waals surface area contributed by atoms with Crippen LogP contribution >= 0.6 is 11.6 Å². The summed E-state index contributed by atoms with van der Waals surface area (Å²) >= 11 is 6.03. The SMILES string of the molecule is Cc1ccc(S(=O)(=O)N2CCN(C(C(=O)O)c3c[nH]c4cc(Cl)ccc34)CC2)cc1. The second-order valence-electron chi connectivity index (χ2n) is 7.43. The number of aromatic nitrogens is 1. The van der Waals surface area contributed by atoms with Gasteiger partial charge in [0.25, 0.3) is 0 Å². The Labute approximate surface area is 179 Å². The lowest BCUT2D eigenvalue weighted by molar-refractivity contribution is -0.144. The molecule has 30 heavy (non-hydrogen) atoms. The van der Waals surface area contributed by atoms with Crippen LogP contribution in [0.2, 0.25) is 5.02 Å². The molecule has 1 unspecified atom stereocenters. The molecule has 7 nitrogen and oxygen atoms in total. The quantitative estimate of drug-likeness (QED) is 0.626. The van der Waals surface area contributed by atoms with Crippen molar-refractivity contribution in [2.75, 3.05) is 26.2 Å². The number of aliphatic carboxylic acids is 1. The van der Waals surface area contributed by atoms with Crippen molar-refractivity contribution in [1.29, 1.82) is 0 Å². The van der Waals surface area contributed by atoms with E-state index in [9.17, 15) is 18.3 Å². The Morgan fingerprint density at radius 3 is 2.40 bits per heavy atom. The molecule has 1 aromatic heterocycles. The number of carboxylic acid groups (broad SMARTS) is 1. The van der Waals surface area contributed by atoms with Gasteiger partial charge in [0.1, 0.15) is 6.04 Å². The van der Waals surface area contributed by atoms with E-state index in [2.05, 4.69) is 4.98 Å². The molecule has 0 aliphatic carbocycles. The molecule has 2 heterocycles. The third-order valence-electron chi connectivity index (χ3n) is 5.50. The molecule has 1 atom stereocenters. The zero-order valence-corrected chi connectivity index (χ0v) is 17.9. The number of fused-ring (bicyclic) bond motifs is 1. The zero-order chi connectivity index (χ0) is 21.5. The maximum Gasteiger partial charge on any atom is 0.325 e. The smallest absolute Gasteiger partial charge is 0.325 e. The molecule has 158 valence electrons. The fourth-order valence-electron chi connectivity index (χ4n) is 3.89. The van der Waals surface area contributed by atoms with Crippen molar-refractivity contribution in [3.8, 4) is 0 Å². The van der Waals surface area contributed by atoms with Crippen LogP contribution in [-0.2, 0) is 14.8 Å². The molecule has 1 aliphatic rings. The average Bonchev–Trinajstić information content (AvgIpc) is 3.11. The number of sulfonamides is 1.